The number of allylic oxidation sites excluding steroid dienone is 5. The normalized spacial score (nSPS) is 14.6. The highest BCUT2D eigenvalue weighted by Crippen LogP contribution is 2.19. The van der Waals surface area contributed by atoms with E-state index in [1.807, 2.05) is 31.2 Å². The maximum absolute atomic E-state index is 12.0. The Balaban J connectivity index is 2.80. The van der Waals surface area contributed by atoms with Crippen LogP contribution in [0.2, 0.25) is 0 Å². The van der Waals surface area contributed by atoms with Gasteiger partial charge in [0.15, 0.2) is 5.88 Å². The van der Waals surface area contributed by atoms with Crippen molar-refractivity contribution < 1.29 is 17.9 Å². The number of aliphatic imine (C=N–C) groups is 1. The molecule has 0 aliphatic heterocycles. The molecule has 0 heterocycles. The Hall–Kier alpha value is -3.02. The SMILES string of the molecule is C=N/C=C(\C=C(/N)OC(C)C(=C)/C=C\C=C/C(F)(F)F)c1ccc(C)cc1. The number of hydrogen-bond donors (Lipinski definition) is 1. The summed E-state index contributed by atoms with van der Waals surface area (Å²) < 4.78 is 41.7. The Labute approximate surface area is 157 Å². The van der Waals surface area contributed by atoms with Crippen LogP contribution in [-0.4, -0.2) is 19.0 Å². The van der Waals surface area contributed by atoms with Crippen molar-refractivity contribution in [3.05, 3.63) is 90.0 Å². The quantitative estimate of drug-likeness (QED) is 0.371. The lowest BCUT2D eigenvalue weighted by Crippen LogP contribution is -2.14. The van der Waals surface area contributed by atoms with Crippen LogP contribution in [0.3, 0.4) is 0 Å². The van der Waals surface area contributed by atoms with Crippen molar-refractivity contribution in [2.75, 3.05) is 0 Å². The predicted octanol–water partition coefficient (Wildman–Crippen LogP) is 5.47. The summed E-state index contributed by atoms with van der Waals surface area (Å²) in [6, 6.07) is 7.77. The summed E-state index contributed by atoms with van der Waals surface area (Å²) in [5.74, 6) is 0.123. The Bertz CT molecular complexity index is 770. The molecule has 144 valence electrons. The molecule has 27 heavy (non-hydrogen) atoms. The number of hydrogen-bond acceptors (Lipinski definition) is 3. The van der Waals surface area contributed by atoms with E-state index in [0.29, 0.717) is 11.1 Å². The van der Waals surface area contributed by atoms with Crippen molar-refractivity contribution in [2.45, 2.75) is 26.1 Å². The first-order valence-corrected chi connectivity index (χ1v) is 8.10. The van der Waals surface area contributed by atoms with Gasteiger partial charge in [0.05, 0.1) is 0 Å². The van der Waals surface area contributed by atoms with E-state index < -0.39 is 12.3 Å². The Morgan fingerprint density at radius 3 is 2.41 bits per heavy atom. The number of ether oxygens (including phenoxy) is 1. The Kier molecular flexibility index (Phi) is 8.33. The van der Waals surface area contributed by atoms with Crippen LogP contribution in [0.4, 0.5) is 13.2 Å². The zero-order chi connectivity index (χ0) is 20.4. The van der Waals surface area contributed by atoms with Gasteiger partial charge >= 0.3 is 6.18 Å². The molecule has 0 aliphatic rings. The standard InChI is InChI=1S/C21H23F3N2O/c1-15-8-10-18(11-9-15)19(14-26-4)13-20(25)27-17(3)16(2)7-5-6-12-21(22,23)24/h5-14,17H,2,4,25H2,1,3H3/b7-5-,12-6-,19-14+,20-13+. The van der Waals surface area contributed by atoms with Gasteiger partial charge in [0.1, 0.15) is 6.10 Å². The second-order valence-corrected chi connectivity index (χ2v) is 5.77. The maximum Gasteiger partial charge on any atom is 0.409 e. The maximum atomic E-state index is 12.0. The molecule has 0 amide bonds. The average Bonchev–Trinajstić information content (AvgIpc) is 2.58. The van der Waals surface area contributed by atoms with E-state index in [2.05, 4.69) is 18.3 Å². The zero-order valence-corrected chi connectivity index (χ0v) is 15.3. The van der Waals surface area contributed by atoms with Crippen molar-refractivity contribution in [3.8, 4) is 0 Å². The van der Waals surface area contributed by atoms with Gasteiger partial charge < -0.3 is 10.5 Å². The minimum atomic E-state index is -4.35. The van der Waals surface area contributed by atoms with Gasteiger partial charge in [-0.1, -0.05) is 54.6 Å². The highest BCUT2D eigenvalue weighted by molar-refractivity contribution is 5.74. The first-order valence-electron chi connectivity index (χ1n) is 8.10. The van der Waals surface area contributed by atoms with Crippen LogP contribution < -0.4 is 5.73 Å². The van der Waals surface area contributed by atoms with Crippen LogP contribution in [0.5, 0.6) is 0 Å². The molecule has 0 radical (unpaired) electrons. The monoisotopic (exact) mass is 376 g/mol. The molecule has 0 fully saturated rings. The highest BCUT2D eigenvalue weighted by atomic mass is 19.4. The lowest BCUT2D eigenvalue weighted by molar-refractivity contribution is -0.0798. The molecule has 1 rings (SSSR count). The van der Waals surface area contributed by atoms with Crippen LogP contribution in [0.1, 0.15) is 18.1 Å². The number of nitrogens with two attached hydrogens (primary N) is 1. The molecule has 0 aliphatic carbocycles. The highest BCUT2D eigenvalue weighted by Gasteiger charge is 2.21. The van der Waals surface area contributed by atoms with Gasteiger partial charge in [-0.15, -0.1) is 0 Å². The first-order chi connectivity index (χ1) is 12.6. The molecule has 1 unspecified atom stereocenters. The van der Waals surface area contributed by atoms with Gasteiger partial charge in [0, 0.05) is 23.9 Å². The number of benzene rings is 1. The fourth-order valence-electron chi connectivity index (χ4n) is 1.99. The largest absolute Gasteiger partial charge is 0.472 e. The van der Waals surface area contributed by atoms with E-state index in [1.54, 1.807) is 19.2 Å². The number of alkyl halides is 3. The van der Waals surface area contributed by atoms with Crippen molar-refractivity contribution in [1.82, 2.24) is 0 Å². The van der Waals surface area contributed by atoms with Crippen molar-refractivity contribution in [2.24, 2.45) is 10.7 Å². The molecular weight excluding hydrogens is 353 g/mol. The van der Waals surface area contributed by atoms with E-state index in [9.17, 15) is 13.2 Å². The summed E-state index contributed by atoms with van der Waals surface area (Å²) in [6.45, 7) is 10.9. The fourth-order valence-corrected chi connectivity index (χ4v) is 1.99. The summed E-state index contributed by atoms with van der Waals surface area (Å²) >= 11 is 0. The minimum Gasteiger partial charge on any atom is -0.472 e. The zero-order valence-electron chi connectivity index (χ0n) is 15.3. The number of nitrogens with zero attached hydrogens (tertiary/aromatic N) is 1. The molecule has 0 spiro atoms. The Morgan fingerprint density at radius 2 is 1.85 bits per heavy atom. The van der Waals surface area contributed by atoms with Crippen LogP contribution in [-0.2, 0) is 4.74 Å². The molecule has 1 atom stereocenters. The molecule has 0 bridgehead atoms. The van der Waals surface area contributed by atoms with Crippen LogP contribution in [0, 0.1) is 6.92 Å². The average molecular weight is 376 g/mol. The molecule has 1 aromatic rings. The molecule has 0 saturated heterocycles. The third-order valence-corrected chi connectivity index (χ3v) is 3.45. The smallest absolute Gasteiger partial charge is 0.409 e. The molecule has 1 aromatic carbocycles. The second-order valence-electron chi connectivity index (χ2n) is 5.77. The topological polar surface area (TPSA) is 47.6 Å². The Morgan fingerprint density at radius 1 is 1.22 bits per heavy atom. The molecule has 0 aromatic heterocycles. The third kappa shape index (κ3) is 8.76. The van der Waals surface area contributed by atoms with Gasteiger partial charge in [-0.3, -0.25) is 4.99 Å². The second kappa shape index (κ2) is 10.2. The number of halogens is 3. The predicted molar refractivity (Wildman–Crippen MR) is 105 cm³/mol. The van der Waals surface area contributed by atoms with E-state index in [0.717, 1.165) is 17.2 Å². The van der Waals surface area contributed by atoms with E-state index >= 15 is 0 Å². The third-order valence-electron chi connectivity index (χ3n) is 3.45. The molecule has 3 nitrogen and oxygen atoms in total. The van der Waals surface area contributed by atoms with Gasteiger partial charge in [0.25, 0.3) is 0 Å². The fraction of sp³-hybridized carbons (Fsp3) is 0.190. The lowest BCUT2D eigenvalue weighted by atomic mass is 10.1. The van der Waals surface area contributed by atoms with E-state index in [1.165, 1.54) is 12.2 Å². The van der Waals surface area contributed by atoms with E-state index in [-0.39, 0.29) is 12.0 Å². The van der Waals surface area contributed by atoms with E-state index in [4.69, 9.17) is 10.5 Å². The van der Waals surface area contributed by atoms with Crippen molar-refractivity contribution >= 4 is 12.3 Å². The summed E-state index contributed by atoms with van der Waals surface area (Å²) in [6.07, 6.45) is 2.00. The number of rotatable bonds is 8. The summed E-state index contributed by atoms with van der Waals surface area (Å²) in [5.41, 5.74) is 9.13. The molecule has 6 heteroatoms. The van der Waals surface area contributed by atoms with Crippen LogP contribution >= 0.6 is 0 Å². The number of aryl methyl sites for hydroxylation is 1. The lowest BCUT2D eigenvalue weighted by Gasteiger charge is -2.15. The summed E-state index contributed by atoms with van der Waals surface area (Å²) in [5, 5.41) is 0. The molecular formula is C21H23F3N2O. The van der Waals surface area contributed by atoms with Crippen LogP contribution in [0.15, 0.2) is 83.9 Å². The van der Waals surface area contributed by atoms with Crippen LogP contribution in [0.25, 0.3) is 5.57 Å². The van der Waals surface area contributed by atoms with Gasteiger partial charge in [-0.25, -0.2) is 0 Å². The van der Waals surface area contributed by atoms with Crippen molar-refractivity contribution in [1.29, 1.82) is 0 Å². The van der Waals surface area contributed by atoms with Gasteiger partial charge in [-0.05, 0) is 31.7 Å². The minimum absolute atomic E-state index is 0.123. The molecule has 0 saturated carbocycles. The van der Waals surface area contributed by atoms with Gasteiger partial charge in [-0.2, -0.15) is 13.2 Å². The van der Waals surface area contributed by atoms with Crippen molar-refractivity contribution in [3.63, 3.8) is 0 Å². The molecule has 2 N–H and O–H groups in total. The summed E-state index contributed by atoms with van der Waals surface area (Å²) in [7, 11) is 0. The summed E-state index contributed by atoms with van der Waals surface area (Å²) in [4.78, 5) is 3.78. The van der Waals surface area contributed by atoms with Gasteiger partial charge in [0.2, 0.25) is 0 Å². The first kappa shape index (κ1) is 22.0.